The van der Waals surface area contributed by atoms with E-state index in [1.807, 2.05) is 6.92 Å². The van der Waals surface area contributed by atoms with Crippen LogP contribution < -0.4 is 5.73 Å². The highest BCUT2D eigenvalue weighted by Gasteiger charge is 2.39. The molecule has 1 aromatic heterocycles. The van der Waals surface area contributed by atoms with Gasteiger partial charge >= 0.3 is 0 Å². The van der Waals surface area contributed by atoms with Gasteiger partial charge in [0.2, 0.25) is 0 Å². The molecule has 15 heavy (non-hydrogen) atoms. The van der Waals surface area contributed by atoms with Crippen LogP contribution >= 0.6 is 11.3 Å². The van der Waals surface area contributed by atoms with Crippen molar-refractivity contribution in [1.29, 1.82) is 0 Å². The number of aromatic nitrogens is 1. The SMILES string of the molecule is COC(C)c1nc(C2(CN)CCC2)cs1. The van der Waals surface area contributed by atoms with Crippen LogP contribution in [0.3, 0.4) is 0 Å². The third kappa shape index (κ3) is 1.82. The Hall–Kier alpha value is -0.450. The topological polar surface area (TPSA) is 48.1 Å². The molecule has 1 aliphatic carbocycles. The second-order valence-corrected chi connectivity index (χ2v) is 5.18. The Labute approximate surface area is 94.7 Å². The fraction of sp³-hybridized carbons (Fsp3) is 0.727. The first kappa shape index (κ1) is 11.0. The number of ether oxygens (including phenoxy) is 1. The first-order valence-corrected chi connectivity index (χ1v) is 6.28. The molecule has 0 spiro atoms. The van der Waals surface area contributed by atoms with Crippen LogP contribution in [0.2, 0.25) is 0 Å². The number of nitrogens with two attached hydrogens (primary N) is 1. The van der Waals surface area contributed by atoms with Crippen LogP contribution in [-0.4, -0.2) is 18.6 Å². The van der Waals surface area contributed by atoms with E-state index in [1.165, 1.54) is 25.0 Å². The quantitative estimate of drug-likeness (QED) is 0.856. The monoisotopic (exact) mass is 226 g/mol. The molecule has 1 unspecified atom stereocenters. The van der Waals surface area contributed by atoms with E-state index in [0.717, 1.165) is 11.6 Å². The normalized spacial score (nSPS) is 21.0. The van der Waals surface area contributed by atoms with Crippen LogP contribution in [0.1, 0.15) is 43.0 Å². The molecular weight excluding hydrogens is 208 g/mol. The minimum Gasteiger partial charge on any atom is -0.375 e. The average Bonchev–Trinajstić information content (AvgIpc) is 2.65. The first-order chi connectivity index (χ1) is 7.22. The Morgan fingerprint density at radius 1 is 1.67 bits per heavy atom. The predicted octanol–water partition coefficient (Wildman–Crippen LogP) is 2.23. The van der Waals surface area contributed by atoms with Gasteiger partial charge in [0.15, 0.2) is 0 Å². The lowest BCUT2D eigenvalue weighted by Crippen LogP contribution is -2.41. The van der Waals surface area contributed by atoms with Crippen LogP contribution in [0.15, 0.2) is 5.38 Å². The van der Waals surface area contributed by atoms with Crippen molar-refractivity contribution in [3.05, 3.63) is 16.1 Å². The summed E-state index contributed by atoms with van der Waals surface area (Å²) in [5.74, 6) is 0. The fourth-order valence-electron chi connectivity index (χ4n) is 1.99. The van der Waals surface area contributed by atoms with Gasteiger partial charge in [0.05, 0.1) is 5.69 Å². The predicted molar refractivity (Wildman–Crippen MR) is 62.1 cm³/mol. The number of hydrogen-bond acceptors (Lipinski definition) is 4. The lowest BCUT2D eigenvalue weighted by molar-refractivity contribution is 0.118. The molecule has 84 valence electrons. The summed E-state index contributed by atoms with van der Waals surface area (Å²) in [6.07, 6.45) is 3.75. The summed E-state index contributed by atoms with van der Waals surface area (Å²) in [6, 6.07) is 0. The third-order valence-corrected chi connectivity index (χ3v) is 4.47. The minimum absolute atomic E-state index is 0.0960. The molecule has 0 aromatic carbocycles. The number of nitrogens with zero attached hydrogens (tertiary/aromatic N) is 1. The molecule has 2 rings (SSSR count). The molecule has 0 amide bonds. The summed E-state index contributed by atoms with van der Waals surface area (Å²) in [6.45, 7) is 2.75. The van der Waals surface area contributed by atoms with Gasteiger partial charge in [-0.1, -0.05) is 6.42 Å². The highest BCUT2D eigenvalue weighted by Crippen LogP contribution is 2.43. The van der Waals surface area contributed by atoms with Crippen molar-refractivity contribution in [2.24, 2.45) is 5.73 Å². The molecule has 1 aliphatic rings. The average molecular weight is 226 g/mol. The zero-order valence-electron chi connectivity index (χ0n) is 9.32. The molecule has 1 atom stereocenters. The lowest BCUT2D eigenvalue weighted by atomic mass is 9.67. The van der Waals surface area contributed by atoms with Crippen molar-refractivity contribution in [3.8, 4) is 0 Å². The molecule has 3 nitrogen and oxygen atoms in total. The van der Waals surface area contributed by atoms with Crippen LogP contribution in [0.4, 0.5) is 0 Å². The maximum Gasteiger partial charge on any atom is 0.121 e. The molecule has 0 saturated heterocycles. The summed E-state index contributed by atoms with van der Waals surface area (Å²) < 4.78 is 5.26. The first-order valence-electron chi connectivity index (χ1n) is 5.40. The van der Waals surface area contributed by atoms with Crippen molar-refractivity contribution >= 4 is 11.3 Å². The Balaban J connectivity index is 2.19. The third-order valence-electron chi connectivity index (χ3n) is 3.47. The van der Waals surface area contributed by atoms with E-state index >= 15 is 0 Å². The van der Waals surface area contributed by atoms with E-state index in [4.69, 9.17) is 10.5 Å². The van der Waals surface area contributed by atoms with Gasteiger partial charge in [0.1, 0.15) is 11.1 Å². The summed E-state index contributed by atoms with van der Waals surface area (Å²) in [4.78, 5) is 4.66. The number of methoxy groups -OCH3 is 1. The molecule has 0 aliphatic heterocycles. The largest absolute Gasteiger partial charge is 0.375 e. The minimum atomic E-state index is 0.0960. The van der Waals surface area contributed by atoms with Gasteiger partial charge in [-0.3, -0.25) is 0 Å². The highest BCUT2D eigenvalue weighted by atomic mass is 32.1. The van der Waals surface area contributed by atoms with E-state index in [2.05, 4.69) is 10.4 Å². The van der Waals surface area contributed by atoms with Crippen molar-refractivity contribution in [3.63, 3.8) is 0 Å². The maximum atomic E-state index is 5.85. The molecule has 1 saturated carbocycles. The van der Waals surface area contributed by atoms with Crippen molar-refractivity contribution in [2.45, 2.75) is 37.7 Å². The van der Waals surface area contributed by atoms with Crippen LogP contribution in [0, 0.1) is 0 Å². The second-order valence-electron chi connectivity index (χ2n) is 4.29. The Morgan fingerprint density at radius 3 is 2.87 bits per heavy atom. The maximum absolute atomic E-state index is 5.85. The number of rotatable bonds is 4. The van der Waals surface area contributed by atoms with E-state index in [-0.39, 0.29) is 11.5 Å². The summed E-state index contributed by atoms with van der Waals surface area (Å²) in [5, 5.41) is 3.21. The van der Waals surface area contributed by atoms with Crippen LogP contribution in [0.25, 0.3) is 0 Å². The molecule has 1 heterocycles. The van der Waals surface area contributed by atoms with Gasteiger partial charge < -0.3 is 10.5 Å². The summed E-state index contributed by atoms with van der Waals surface area (Å²) >= 11 is 1.68. The molecule has 0 bridgehead atoms. The standard InChI is InChI=1S/C11H18N2OS/c1-8(14-2)10-13-9(6-15-10)11(7-12)4-3-5-11/h6,8H,3-5,7,12H2,1-2H3. The van der Waals surface area contributed by atoms with Crippen LogP contribution in [-0.2, 0) is 10.2 Å². The Kier molecular flexibility index (Phi) is 3.09. The van der Waals surface area contributed by atoms with Gasteiger partial charge in [-0.05, 0) is 19.8 Å². The van der Waals surface area contributed by atoms with Crippen molar-refractivity contribution < 1.29 is 4.74 Å². The van der Waals surface area contributed by atoms with E-state index < -0.39 is 0 Å². The molecule has 1 aromatic rings. The lowest BCUT2D eigenvalue weighted by Gasteiger charge is -2.39. The fourth-order valence-corrected chi connectivity index (χ4v) is 2.96. The van der Waals surface area contributed by atoms with Crippen LogP contribution in [0.5, 0.6) is 0 Å². The zero-order chi connectivity index (χ0) is 10.9. The van der Waals surface area contributed by atoms with E-state index in [0.29, 0.717) is 0 Å². The summed E-state index contributed by atoms with van der Waals surface area (Å²) in [7, 11) is 1.72. The zero-order valence-corrected chi connectivity index (χ0v) is 10.1. The molecule has 1 fully saturated rings. The van der Waals surface area contributed by atoms with Crippen molar-refractivity contribution in [2.75, 3.05) is 13.7 Å². The highest BCUT2D eigenvalue weighted by molar-refractivity contribution is 7.09. The molecule has 2 N–H and O–H groups in total. The van der Waals surface area contributed by atoms with Gasteiger partial charge in [-0.2, -0.15) is 0 Å². The van der Waals surface area contributed by atoms with Gasteiger partial charge in [-0.15, -0.1) is 11.3 Å². The van der Waals surface area contributed by atoms with Gasteiger partial charge in [0.25, 0.3) is 0 Å². The summed E-state index contributed by atoms with van der Waals surface area (Å²) in [5.41, 5.74) is 7.22. The van der Waals surface area contributed by atoms with Gasteiger partial charge in [-0.25, -0.2) is 4.98 Å². The smallest absolute Gasteiger partial charge is 0.121 e. The van der Waals surface area contributed by atoms with E-state index in [1.54, 1.807) is 18.4 Å². The number of thiazole rings is 1. The Morgan fingerprint density at radius 2 is 2.40 bits per heavy atom. The van der Waals surface area contributed by atoms with Gasteiger partial charge in [0, 0.05) is 24.4 Å². The second kappa shape index (κ2) is 4.20. The Bertz CT molecular complexity index is 328. The molecular formula is C11H18N2OS. The molecule has 0 radical (unpaired) electrons. The number of hydrogen-bond donors (Lipinski definition) is 1. The molecule has 4 heteroatoms. The van der Waals surface area contributed by atoms with E-state index in [9.17, 15) is 0 Å². The van der Waals surface area contributed by atoms with Crippen molar-refractivity contribution in [1.82, 2.24) is 4.98 Å².